The van der Waals surface area contributed by atoms with Crippen LogP contribution in [-0.2, 0) is 4.79 Å². The Morgan fingerprint density at radius 2 is 1.95 bits per heavy atom. The van der Waals surface area contributed by atoms with Gasteiger partial charge in [0.1, 0.15) is 11.8 Å². The SMILES string of the molecule is CCOc1ccc(NC(=O)C(C)n2nc(C)ccc2=O)cc1. The van der Waals surface area contributed by atoms with Gasteiger partial charge in [0.05, 0.1) is 12.3 Å². The molecule has 0 fully saturated rings. The molecule has 6 nitrogen and oxygen atoms in total. The van der Waals surface area contributed by atoms with Gasteiger partial charge >= 0.3 is 0 Å². The van der Waals surface area contributed by atoms with Gasteiger partial charge < -0.3 is 10.1 Å². The first-order chi connectivity index (χ1) is 10.5. The number of hydrogen-bond acceptors (Lipinski definition) is 4. The number of nitrogens with zero attached hydrogens (tertiary/aromatic N) is 2. The number of carbonyl (C=O) groups excluding carboxylic acids is 1. The lowest BCUT2D eigenvalue weighted by Gasteiger charge is -2.14. The minimum atomic E-state index is -0.695. The van der Waals surface area contributed by atoms with Gasteiger partial charge in [-0.15, -0.1) is 0 Å². The zero-order chi connectivity index (χ0) is 16.1. The van der Waals surface area contributed by atoms with Crippen LogP contribution in [0.1, 0.15) is 25.6 Å². The van der Waals surface area contributed by atoms with Crippen LogP contribution in [0.5, 0.6) is 5.75 Å². The molecule has 0 aliphatic carbocycles. The summed E-state index contributed by atoms with van der Waals surface area (Å²) in [7, 11) is 0. The maximum absolute atomic E-state index is 12.2. The largest absolute Gasteiger partial charge is 0.494 e. The van der Waals surface area contributed by atoms with Gasteiger partial charge in [-0.3, -0.25) is 9.59 Å². The second-order valence-corrected chi connectivity index (χ2v) is 4.88. The Morgan fingerprint density at radius 3 is 2.59 bits per heavy atom. The van der Waals surface area contributed by atoms with Crippen molar-refractivity contribution in [3.8, 4) is 5.75 Å². The lowest BCUT2D eigenvalue weighted by Crippen LogP contribution is -2.33. The van der Waals surface area contributed by atoms with Crippen LogP contribution in [0.25, 0.3) is 0 Å². The molecule has 0 saturated carbocycles. The van der Waals surface area contributed by atoms with E-state index >= 15 is 0 Å². The number of anilines is 1. The smallest absolute Gasteiger partial charge is 0.267 e. The molecule has 22 heavy (non-hydrogen) atoms. The van der Waals surface area contributed by atoms with Gasteiger partial charge in [0.2, 0.25) is 5.91 Å². The number of aromatic nitrogens is 2. The van der Waals surface area contributed by atoms with Gasteiger partial charge in [-0.25, -0.2) is 4.68 Å². The first-order valence-corrected chi connectivity index (χ1v) is 7.11. The summed E-state index contributed by atoms with van der Waals surface area (Å²) < 4.78 is 6.52. The predicted molar refractivity (Wildman–Crippen MR) is 84.2 cm³/mol. The molecule has 1 aromatic carbocycles. The van der Waals surface area contributed by atoms with Crippen molar-refractivity contribution in [2.45, 2.75) is 26.8 Å². The molecule has 1 atom stereocenters. The highest BCUT2D eigenvalue weighted by molar-refractivity contribution is 5.93. The summed E-state index contributed by atoms with van der Waals surface area (Å²) in [5.74, 6) is 0.439. The molecular formula is C16H19N3O3. The van der Waals surface area contributed by atoms with Crippen molar-refractivity contribution in [2.24, 2.45) is 0 Å². The molecule has 0 radical (unpaired) electrons. The Labute approximate surface area is 128 Å². The van der Waals surface area contributed by atoms with Gasteiger partial charge in [-0.05, 0) is 51.1 Å². The third kappa shape index (κ3) is 3.72. The van der Waals surface area contributed by atoms with Crippen LogP contribution in [0.3, 0.4) is 0 Å². The Hall–Kier alpha value is -2.63. The second-order valence-electron chi connectivity index (χ2n) is 4.88. The van der Waals surface area contributed by atoms with Crippen LogP contribution < -0.4 is 15.6 Å². The van der Waals surface area contributed by atoms with Gasteiger partial charge in [0, 0.05) is 11.8 Å². The highest BCUT2D eigenvalue weighted by Crippen LogP contribution is 2.16. The van der Waals surface area contributed by atoms with E-state index < -0.39 is 6.04 Å². The van der Waals surface area contributed by atoms with Crippen LogP contribution in [0.4, 0.5) is 5.69 Å². The van der Waals surface area contributed by atoms with Crippen molar-refractivity contribution < 1.29 is 9.53 Å². The molecule has 2 aromatic rings. The van der Waals surface area contributed by atoms with E-state index in [-0.39, 0.29) is 11.5 Å². The molecule has 0 aliphatic rings. The fourth-order valence-corrected chi connectivity index (χ4v) is 1.96. The van der Waals surface area contributed by atoms with Crippen LogP contribution >= 0.6 is 0 Å². The predicted octanol–water partition coefficient (Wildman–Crippen LogP) is 2.15. The third-order valence-electron chi connectivity index (χ3n) is 3.14. The topological polar surface area (TPSA) is 73.2 Å². The average molecular weight is 301 g/mol. The molecule has 116 valence electrons. The van der Waals surface area contributed by atoms with E-state index in [0.717, 1.165) is 5.75 Å². The zero-order valence-corrected chi connectivity index (χ0v) is 12.9. The lowest BCUT2D eigenvalue weighted by atomic mass is 10.2. The minimum Gasteiger partial charge on any atom is -0.494 e. The molecule has 6 heteroatoms. The lowest BCUT2D eigenvalue weighted by molar-refractivity contribution is -0.119. The number of hydrogen-bond donors (Lipinski definition) is 1. The number of ether oxygens (including phenoxy) is 1. The number of aryl methyl sites for hydroxylation is 1. The Kier molecular flexibility index (Phi) is 4.93. The zero-order valence-electron chi connectivity index (χ0n) is 12.9. The summed E-state index contributed by atoms with van der Waals surface area (Å²) >= 11 is 0. The molecule has 0 spiro atoms. The first kappa shape index (κ1) is 15.8. The molecule has 0 aliphatic heterocycles. The molecule has 1 aromatic heterocycles. The van der Waals surface area contributed by atoms with E-state index in [9.17, 15) is 9.59 Å². The third-order valence-corrected chi connectivity index (χ3v) is 3.14. The summed E-state index contributed by atoms with van der Waals surface area (Å²) in [6, 6.07) is 9.39. The molecule has 1 N–H and O–H groups in total. The van der Waals surface area contributed by atoms with E-state index in [1.807, 2.05) is 6.92 Å². The maximum Gasteiger partial charge on any atom is 0.267 e. The number of carbonyl (C=O) groups is 1. The van der Waals surface area contributed by atoms with Crippen LogP contribution in [0, 0.1) is 6.92 Å². The Balaban J connectivity index is 2.11. The van der Waals surface area contributed by atoms with E-state index in [2.05, 4.69) is 10.4 Å². The molecular weight excluding hydrogens is 282 g/mol. The minimum absolute atomic E-state index is 0.302. The van der Waals surface area contributed by atoms with Crippen molar-refractivity contribution in [1.82, 2.24) is 9.78 Å². The van der Waals surface area contributed by atoms with Crippen molar-refractivity contribution in [3.05, 3.63) is 52.4 Å². The van der Waals surface area contributed by atoms with Crippen LogP contribution in [0.15, 0.2) is 41.2 Å². The quantitative estimate of drug-likeness (QED) is 0.918. The van der Waals surface area contributed by atoms with Crippen LogP contribution in [0.2, 0.25) is 0 Å². The Bertz CT molecular complexity index is 707. The first-order valence-electron chi connectivity index (χ1n) is 7.11. The molecule has 0 saturated heterocycles. The molecule has 1 amide bonds. The Morgan fingerprint density at radius 1 is 1.27 bits per heavy atom. The molecule has 0 bridgehead atoms. The van der Waals surface area contributed by atoms with Gasteiger partial charge in [0.25, 0.3) is 5.56 Å². The number of nitrogens with one attached hydrogen (secondary N) is 1. The maximum atomic E-state index is 12.2. The fourth-order valence-electron chi connectivity index (χ4n) is 1.96. The monoisotopic (exact) mass is 301 g/mol. The van der Waals surface area contributed by atoms with Crippen molar-refractivity contribution in [1.29, 1.82) is 0 Å². The second kappa shape index (κ2) is 6.89. The van der Waals surface area contributed by atoms with Gasteiger partial charge in [-0.1, -0.05) is 0 Å². The summed E-state index contributed by atoms with van der Waals surface area (Å²) in [4.78, 5) is 24.0. The summed E-state index contributed by atoms with van der Waals surface area (Å²) in [6.45, 7) is 5.90. The normalized spacial score (nSPS) is 11.8. The number of rotatable bonds is 5. The van der Waals surface area contributed by atoms with E-state index in [1.54, 1.807) is 44.2 Å². The molecule has 1 unspecified atom stereocenters. The highest BCUT2D eigenvalue weighted by atomic mass is 16.5. The van der Waals surface area contributed by atoms with E-state index in [0.29, 0.717) is 18.0 Å². The summed E-state index contributed by atoms with van der Waals surface area (Å²) in [5, 5.41) is 6.86. The highest BCUT2D eigenvalue weighted by Gasteiger charge is 2.17. The van der Waals surface area contributed by atoms with Crippen LogP contribution in [-0.4, -0.2) is 22.3 Å². The van der Waals surface area contributed by atoms with E-state index in [1.165, 1.54) is 10.7 Å². The summed E-state index contributed by atoms with van der Waals surface area (Å²) in [5.41, 5.74) is 1.02. The molecule has 2 rings (SSSR count). The van der Waals surface area contributed by atoms with Gasteiger partial charge in [0.15, 0.2) is 0 Å². The van der Waals surface area contributed by atoms with Crippen molar-refractivity contribution in [3.63, 3.8) is 0 Å². The summed E-state index contributed by atoms with van der Waals surface area (Å²) in [6.07, 6.45) is 0. The molecule has 1 heterocycles. The average Bonchev–Trinajstić information content (AvgIpc) is 2.51. The standard InChI is InChI=1S/C16H19N3O3/c1-4-22-14-8-6-13(7-9-14)17-16(21)12(3)19-15(20)10-5-11(2)18-19/h5-10,12H,4H2,1-3H3,(H,17,21). The van der Waals surface area contributed by atoms with Gasteiger partial charge in [-0.2, -0.15) is 5.10 Å². The number of benzene rings is 1. The van der Waals surface area contributed by atoms with Crippen molar-refractivity contribution >= 4 is 11.6 Å². The van der Waals surface area contributed by atoms with E-state index in [4.69, 9.17) is 4.74 Å². The fraction of sp³-hybridized carbons (Fsp3) is 0.312. The van der Waals surface area contributed by atoms with Crippen molar-refractivity contribution in [2.75, 3.05) is 11.9 Å². The number of amides is 1.